The van der Waals surface area contributed by atoms with Gasteiger partial charge in [0.25, 0.3) is 0 Å². The summed E-state index contributed by atoms with van der Waals surface area (Å²) in [6.45, 7) is 0. The van der Waals surface area contributed by atoms with Crippen LogP contribution in [0.15, 0.2) is 12.4 Å². The van der Waals surface area contributed by atoms with E-state index in [9.17, 15) is 8.42 Å². The molecule has 112 valence electrons. The van der Waals surface area contributed by atoms with Crippen molar-refractivity contribution in [1.82, 2.24) is 9.78 Å². The Balaban J connectivity index is 1.62. The third-order valence-electron chi connectivity index (χ3n) is 4.25. The molecule has 0 bridgehead atoms. The second kappa shape index (κ2) is 5.76. The summed E-state index contributed by atoms with van der Waals surface area (Å²) in [6.07, 6.45) is 11.2. The van der Waals surface area contributed by atoms with Crippen LogP contribution in [0.5, 0.6) is 5.75 Å². The second-order valence-electron chi connectivity index (χ2n) is 5.94. The molecule has 0 aromatic carbocycles. The molecule has 6 heteroatoms. The molecule has 1 aliphatic heterocycles. The van der Waals surface area contributed by atoms with Crippen molar-refractivity contribution >= 4 is 9.84 Å². The average Bonchev–Trinajstić information content (AvgIpc) is 2.87. The van der Waals surface area contributed by atoms with Crippen LogP contribution in [0.3, 0.4) is 0 Å². The zero-order valence-corrected chi connectivity index (χ0v) is 12.5. The summed E-state index contributed by atoms with van der Waals surface area (Å²) in [5.41, 5.74) is 0. The zero-order chi connectivity index (χ0) is 14.0. The Kier molecular flexibility index (Phi) is 4.01. The maximum Gasteiger partial charge on any atom is 0.157 e. The van der Waals surface area contributed by atoms with Gasteiger partial charge in [0.1, 0.15) is 6.10 Å². The lowest BCUT2D eigenvalue weighted by Crippen LogP contribution is -2.33. The number of sulfone groups is 1. The number of hydrogen-bond acceptors (Lipinski definition) is 4. The van der Waals surface area contributed by atoms with E-state index in [1.807, 2.05) is 10.9 Å². The molecule has 2 fully saturated rings. The molecule has 0 spiro atoms. The van der Waals surface area contributed by atoms with Crippen molar-refractivity contribution in [3.8, 4) is 5.75 Å². The lowest BCUT2D eigenvalue weighted by molar-refractivity contribution is 0.206. The highest BCUT2D eigenvalue weighted by Crippen LogP contribution is 2.29. The van der Waals surface area contributed by atoms with Crippen LogP contribution in [0.25, 0.3) is 0 Å². The molecule has 0 radical (unpaired) electrons. The molecule has 1 saturated carbocycles. The molecule has 0 amide bonds. The Labute approximate surface area is 120 Å². The molecule has 2 heterocycles. The van der Waals surface area contributed by atoms with Crippen molar-refractivity contribution in [2.75, 3.05) is 11.5 Å². The largest absolute Gasteiger partial charge is 0.486 e. The minimum Gasteiger partial charge on any atom is -0.486 e. The maximum atomic E-state index is 11.6. The van der Waals surface area contributed by atoms with Crippen LogP contribution in [0.4, 0.5) is 0 Å². The predicted molar refractivity (Wildman–Crippen MR) is 76.7 cm³/mol. The normalized spacial score (nSPS) is 27.3. The Bertz CT molecular complexity index is 547. The van der Waals surface area contributed by atoms with Crippen molar-refractivity contribution in [1.29, 1.82) is 0 Å². The molecule has 20 heavy (non-hydrogen) atoms. The molecule has 0 N–H and O–H groups in total. The van der Waals surface area contributed by atoms with Crippen LogP contribution in [-0.2, 0) is 9.84 Å². The van der Waals surface area contributed by atoms with Gasteiger partial charge >= 0.3 is 0 Å². The van der Waals surface area contributed by atoms with Gasteiger partial charge in [-0.3, -0.25) is 4.68 Å². The Morgan fingerprint density at radius 2 is 1.95 bits per heavy atom. The van der Waals surface area contributed by atoms with E-state index in [4.69, 9.17) is 4.74 Å². The van der Waals surface area contributed by atoms with Gasteiger partial charge in [-0.2, -0.15) is 5.10 Å². The number of rotatable bonds is 3. The van der Waals surface area contributed by atoms with E-state index < -0.39 is 9.84 Å². The Morgan fingerprint density at radius 1 is 1.15 bits per heavy atom. The molecular weight excluding hydrogens is 276 g/mol. The molecule has 1 aromatic heterocycles. The summed E-state index contributed by atoms with van der Waals surface area (Å²) in [5, 5.41) is 4.38. The smallest absolute Gasteiger partial charge is 0.157 e. The molecule has 1 unspecified atom stereocenters. The fourth-order valence-electron chi connectivity index (χ4n) is 3.19. The van der Waals surface area contributed by atoms with E-state index in [-0.39, 0.29) is 11.9 Å². The van der Waals surface area contributed by atoms with Gasteiger partial charge < -0.3 is 4.74 Å². The molecule has 1 saturated heterocycles. The summed E-state index contributed by atoms with van der Waals surface area (Å²) in [4.78, 5) is 0. The standard InChI is InChI=1S/C14H22N2O3S/c17-20(18)8-4-7-13(11-20)19-14-9-15-16(10-14)12-5-2-1-3-6-12/h9-10,12-13H,1-8,11H2. The highest BCUT2D eigenvalue weighted by molar-refractivity contribution is 7.91. The lowest BCUT2D eigenvalue weighted by atomic mass is 9.96. The van der Waals surface area contributed by atoms with E-state index >= 15 is 0 Å². The fourth-order valence-corrected chi connectivity index (χ4v) is 4.77. The predicted octanol–water partition coefficient (Wildman–Crippen LogP) is 2.34. The molecule has 1 atom stereocenters. The summed E-state index contributed by atoms with van der Waals surface area (Å²) in [5.74, 6) is 1.15. The number of ether oxygens (including phenoxy) is 1. The van der Waals surface area contributed by atoms with Crippen molar-refractivity contribution in [3.05, 3.63) is 12.4 Å². The summed E-state index contributed by atoms with van der Waals surface area (Å²) >= 11 is 0. The summed E-state index contributed by atoms with van der Waals surface area (Å²) in [7, 11) is -2.92. The molecule has 1 aromatic rings. The first-order valence-electron chi connectivity index (χ1n) is 7.54. The minimum atomic E-state index is -2.92. The van der Waals surface area contributed by atoms with E-state index in [1.54, 1.807) is 6.20 Å². The van der Waals surface area contributed by atoms with Crippen LogP contribution >= 0.6 is 0 Å². The monoisotopic (exact) mass is 298 g/mol. The first-order chi connectivity index (χ1) is 9.62. The van der Waals surface area contributed by atoms with Gasteiger partial charge in [-0.25, -0.2) is 8.42 Å². The quantitative estimate of drug-likeness (QED) is 0.859. The molecule has 3 rings (SSSR count). The Morgan fingerprint density at radius 3 is 2.70 bits per heavy atom. The van der Waals surface area contributed by atoms with Crippen molar-refractivity contribution < 1.29 is 13.2 Å². The van der Waals surface area contributed by atoms with Crippen molar-refractivity contribution in [2.24, 2.45) is 0 Å². The van der Waals surface area contributed by atoms with E-state index in [2.05, 4.69) is 5.10 Å². The topological polar surface area (TPSA) is 61.2 Å². The molecule has 5 nitrogen and oxygen atoms in total. The van der Waals surface area contributed by atoms with Crippen LogP contribution in [-0.4, -0.2) is 35.8 Å². The highest BCUT2D eigenvalue weighted by atomic mass is 32.2. The van der Waals surface area contributed by atoms with E-state index in [1.165, 1.54) is 32.1 Å². The highest BCUT2D eigenvalue weighted by Gasteiger charge is 2.26. The van der Waals surface area contributed by atoms with Gasteiger partial charge in [0, 0.05) is 0 Å². The van der Waals surface area contributed by atoms with Gasteiger partial charge in [-0.05, 0) is 25.7 Å². The fraction of sp³-hybridized carbons (Fsp3) is 0.786. The van der Waals surface area contributed by atoms with E-state index in [0.29, 0.717) is 24.0 Å². The van der Waals surface area contributed by atoms with Gasteiger partial charge in [0.2, 0.25) is 0 Å². The second-order valence-corrected chi connectivity index (χ2v) is 8.17. The number of nitrogens with zero attached hydrogens (tertiary/aromatic N) is 2. The van der Waals surface area contributed by atoms with Gasteiger partial charge in [-0.1, -0.05) is 19.3 Å². The van der Waals surface area contributed by atoms with Crippen LogP contribution in [0, 0.1) is 0 Å². The van der Waals surface area contributed by atoms with E-state index in [0.717, 1.165) is 6.42 Å². The first kappa shape index (κ1) is 13.9. The lowest BCUT2D eigenvalue weighted by Gasteiger charge is -2.23. The molecule has 1 aliphatic carbocycles. The summed E-state index contributed by atoms with van der Waals surface area (Å²) < 4.78 is 31.0. The molecule has 2 aliphatic rings. The Hall–Kier alpha value is -1.04. The summed E-state index contributed by atoms with van der Waals surface area (Å²) in [6, 6.07) is 0.483. The SMILES string of the molecule is O=S1(=O)CCCC(Oc2cnn(C3CCCCC3)c2)C1. The number of hydrogen-bond donors (Lipinski definition) is 0. The van der Waals surface area contributed by atoms with Crippen molar-refractivity contribution in [3.63, 3.8) is 0 Å². The van der Waals surface area contributed by atoms with Crippen LogP contribution < -0.4 is 4.74 Å². The minimum absolute atomic E-state index is 0.140. The number of aromatic nitrogens is 2. The van der Waals surface area contributed by atoms with Crippen LogP contribution in [0.1, 0.15) is 51.0 Å². The van der Waals surface area contributed by atoms with Gasteiger partial charge in [-0.15, -0.1) is 0 Å². The van der Waals surface area contributed by atoms with Gasteiger partial charge in [0.15, 0.2) is 15.6 Å². The average molecular weight is 298 g/mol. The first-order valence-corrected chi connectivity index (χ1v) is 9.36. The zero-order valence-electron chi connectivity index (χ0n) is 11.7. The van der Waals surface area contributed by atoms with Gasteiger partial charge in [0.05, 0.1) is 29.9 Å². The third-order valence-corrected chi connectivity index (χ3v) is 6.04. The third kappa shape index (κ3) is 3.34. The van der Waals surface area contributed by atoms with Crippen LogP contribution in [0.2, 0.25) is 0 Å². The molecular formula is C14H22N2O3S. The van der Waals surface area contributed by atoms with Crippen molar-refractivity contribution in [2.45, 2.75) is 57.1 Å². The maximum absolute atomic E-state index is 11.6.